The average molecular weight is 309 g/mol. The lowest BCUT2D eigenvalue weighted by Crippen LogP contribution is -2.11. The van der Waals surface area contributed by atoms with Crippen LogP contribution in [0.3, 0.4) is 0 Å². The third-order valence-electron chi connectivity index (χ3n) is 2.27. The molecule has 0 spiro atoms. The van der Waals surface area contributed by atoms with Crippen molar-refractivity contribution in [1.82, 2.24) is 0 Å². The van der Waals surface area contributed by atoms with E-state index >= 15 is 0 Å². The molecule has 0 radical (unpaired) electrons. The Morgan fingerprint density at radius 3 is 3.00 bits per heavy atom. The van der Waals surface area contributed by atoms with Gasteiger partial charge < -0.3 is 9.47 Å². The van der Waals surface area contributed by atoms with E-state index in [1.165, 1.54) is 0 Å². The van der Waals surface area contributed by atoms with Gasteiger partial charge in [-0.25, -0.2) is 0 Å². The molecule has 0 amide bonds. The maximum Gasteiger partial charge on any atom is 0.147 e. The van der Waals surface area contributed by atoms with Crippen molar-refractivity contribution in [2.75, 3.05) is 13.9 Å². The first-order valence-corrected chi connectivity index (χ1v) is 6.53. The highest BCUT2D eigenvalue weighted by molar-refractivity contribution is 9.10. The van der Waals surface area contributed by atoms with E-state index in [0.717, 1.165) is 22.9 Å². The van der Waals surface area contributed by atoms with Gasteiger partial charge in [0, 0.05) is 23.6 Å². The maximum absolute atomic E-state index is 5.40. The number of rotatable bonds is 6. The van der Waals surface area contributed by atoms with E-state index in [9.17, 15) is 0 Å². The zero-order valence-electron chi connectivity index (χ0n) is 10.5. The highest BCUT2D eigenvalue weighted by atomic mass is 79.9. The monoisotopic (exact) mass is 308 g/mol. The Morgan fingerprint density at radius 2 is 2.33 bits per heavy atom. The summed E-state index contributed by atoms with van der Waals surface area (Å²) in [6, 6.07) is 7.95. The Hall–Kier alpha value is -1.08. The number of halogens is 1. The summed E-state index contributed by atoms with van der Waals surface area (Å²) < 4.78 is 11.3. The minimum Gasteiger partial charge on any atom is -0.359 e. The van der Waals surface area contributed by atoms with E-state index in [1.807, 2.05) is 24.3 Å². The highest BCUT2D eigenvalue weighted by Gasteiger charge is 2.01. The van der Waals surface area contributed by atoms with E-state index in [2.05, 4.69) is 34.3 Å². The van der Waals surface area contributed by atoms with Crippen LogP contribution in [-0.4, -0.2) is 20.0 Å². The molecule has 0 aliphatic heterocycles. The van der Waals surface area contributed by atoms with Crippen LogP contribution in [0.2, 0.25) is 0 Å². The Labute approximate surface area is 117 Å². The van der Waals surface area contributed by atoms with Crippen molar-refractivity contribution in [1.29, 1.82) is 0 Å². The van der Waals surface area contributed by atoms with Gasteiger partial charge in [0.1, 0.15) is 6.79 Å². The molecule has 96 valence electrons. The zero-order chi connectivity index (χ0) is 13.2. The molecule has 0 fully saturated rings. The fourth-order valence-corrected chi connectivity index (χ4v) is 1.77. The topological polar surface area (TPSA) is 18.5 Å². The second kappa shape index (κ2) is 8.93. The molecule has 18 heavy (non-hydrogen) atoms. The predicted octanol–water partition coefficient (Wildman–Crippen LogP) is 3.76. The van der Waals surface area contributed by atoms with Crippen LogP contribution in [-0.2, 0) is 9.47 Å². The molecule has 1 atom stereocenters. The molecule has 3 heteroatoms. The second-order valence-corrected chi connectivity index (χ2v) is 4.61. The molecule has 1 unspecified atom stereocenters. The molecule has 1 aromatic rings. The largest absolute Gasteiger partial charge is 0.359 e. The van der Waals surface area contributed by atoms with Gasteiger partial charge in [-0.2, -0.15) is 0 Å². The lowest BCUT2D eigenvalue weighted by Gasteiger charge is -2.10. The number of methoxy groups -OCH3 is 1. The van der Waals surface area contributed by atoms with Crippen LogP contribution in [0.1, 0.15) is 18.4 Å². The summed E-state index contributed by atoms with van der Waals surface area (Å²) >= 11 is 3.42. The first-order chi connectivity index (χ1) is 8.76. The molecular formula is C15H17BrO2. The van der Waals surface area contributed by atoms with Crippen LogP contribution >= 0.6 is 15.9 Å². The van der Waals surface area contributed by atoms with Gasteiger partial charge in [-0.3, -0.25) is 0 Å². The van der Waals surface area contributed by atoms with Crippen molar-refractivity contribution in [3.63, 3.8) is 0 Å². The Kier molecular flexibility index (Phi) is 7.43. The minimum absolute atomic E-state index is 0.00163. The van der Waals surface area contributed by atoms with Crippen molar-refractivity contribution >= 4 is 15.9 Å². The summed E-state index contributed by atoms with van der Waals surface area (Å²) in [6.45, 7) is 4.01. The van der Waals surface area contributed by atoms with Gasteiger partial charge in [0.2, 0.25) is 0 Å². The fourth-order valence-electron chi connectivity index (χ4n) is 1.37. The molecule has 0 aromatic heterocycles. The van der Waals surface area contributed by atoms with Crippen LogP contribution < -0.4 is 0 Å². The molecule has 0 aliphatic carbocycles. The van der Waals surface area contributed by atoms with Crippen LogP contribution in [0.4, 0.5) is 0 Å². The summed E-state index contributed by atoms with van der Waals surface area (Å²) in [4.78, 5) is 0. The maximum atomic E-state index is 5.40. The summed E-state index contributed by atoms with van der Waals surface area (Å²) in [7, 11) is 1.60. The standard InChI is InChI=1S/C15H17BrO2/c1-3-15(18-12-17-2)10-5-4-7-13-8-6-9-14(16)11-13/h3,6,8-9,11,15H,1,5,10,12H2,2H3. The third kappa shape index (κ3) is 6.02. The number of benzene rings is 1. The quantitative estimate of drug-likeness (QED) is 0.452. The molecule has 0 heterocycles. The summed E-state index contributed by atoms with van der Waals surface area (Å²) in [5.74, 6) is 6.25. The van der Waals surface area contributed by atoms with E-state index in [0.29, 0.717) is 0 Å². The van der Waals surface area contributed by atoms with Gasteiger partial charge >= 0.3 is 0 Å². The van der Waals surface area contributed by atoms with Gasteiger partial charge in [-0.05, 0) is 24.6 Å². The molecular weight excluding hydrogens is 292 g/mol. The lowest BCUT2D eigenvalue weighted by molar-refractivity contribution is -0.0569. The van der Waals surface area contributed by atoms with Crippen molar-refractivity contribution in [2.24, 2.45) is 0 Å². The second-order valence-electron chi connectivity index (χ2n) is 3.70. The Morgan fingerprint density at radius 1 is 1.50 bits per heavy atom. The smallest absolute Gasteiger partial charge is 0.147 e. The van der Waals surface area contributed by atoms with Crippen molar-refractivity contribution in [2.45, 2.75) is 18.9 Å². The SMILES string of the molecule is C=CC(CCC#Cc1cccc(Br)c1)OCOC. The van der Waals surface area contributed by atoms with Gasteiger partial charge in [-0.15, -0.1) is 6.58 Å². The molecule has 0 bridgehead atoms. The lowest BCUT2D eigenvalue weighted by atomic mass is 10.2. The molecule has 0 aliphatic rings. The van der Waals surface area contributed by atoms with Crippen molar-refractivity contribution < 1.29 is 9.47 Å². The number of hydrogen-bond acceptors (Lipinski definition) is 2. The van der Waals surface area contributed by atoms with Gasteiger partial charge in [0.05, 0.1) is 6.10 Å². The van der Waals surface area contributed by atoms with Gasteiger partial charge in [0.25, 0.3) is 0 Å². The highest BCUT2D eigenvalue weighted by Crippen LogP contribution is 2.10. The van der Waals surface area contributed by atoms with E-state index in [4.69, 9.17) is 9.47 Å². The van der Waals surface area contributed by atoms with Crippen LogP contribution in [0, 0.1) is 11.8 Å². The van der Waals surface area contributed by atoms with Gasteiger partial charge in [-0.1, -0.05) is 39.9 Å². The van der Waals surface area contributed by atoms with Crippen LogP contribution in [0.5, 0.6) is 0 Å². The molecule has 0 saturated heterocycles. The molecule has 1 rings (SSSR count). The normalized spacial score (nSPS) is 11.4. The Balaban J connectivity index is 2.39. The molecule has 2 nitrogen and oxygen atoms in total. The summed E-state index contributed by atoms with van der Waals surface area (Å²) in [5.41, 5.74) is 1.01. The zero-order valence-corrected chi connectivity index (χ0v) is 12.1. The number of hydrogen-bond donors (Lipinski definition) is 0. The van der Waals surface area contributed by atoms with E-state index in [1.54, 1.807) is 13.2 Å². The van der Waals surface area contributed by atoms with Crippen LogP contribution in [0.15, 0.2) is 41.4 Å². The van der Waals surface area contributed by atoms with E-state index in [-0.39, 0.29) is 12.9 Å². The van der Waals surface area contributed by atoms with Crippen LogP contribution in [0.25, 0.3) is 0 Å². The predicted molar refractivity (Wildman–Crippen MR) is 77.2 cm³/mol. The molecule has 0 saturated carbocycles. The molecule has 0 N–H and O–H groups in total. The van der Waals surface area contributed by atoms with Crippen molar-refractivity contribution in [3.8, 4) is 11.8 Å². The molecule has 1 aromatic carbocycles. The Bertz CT molecular complexity index is 432. The average Bonchev–Trinajstić information content (AvgIpc) is 2.38. The van der Waals surface area contributed by atoms with Gasteiger partial charge in [0.15, 0.2) is 0 Å². The number of ether oxygens (including phenoxy) is 2. The fraction of sp³-hybridized carbons (Fsp3) is 0.333. The van der Waals surface area contributed by atoms with E-state index < -0.39 is 0 Å². The third-order valence-corrected chi connectivity index (χ3v) is 2.77. The first kappa shape index (κ1) is 15.0. The summed E-state index contributed by atoms with van der Waals surface area (Å²) in [6.07, 6.45) is 3.38. The first-order valence-electron chi connectivity index (χ1n) is 5.74. The summed E-state index contributed by atoms with van der Waals surface area (Å²) in [5, 5.41) is 0. The van der Waals surface area contributed by atoms with Crippen molar-refractivity contribution in [3.05, 3.63) is 47.0 Å². The minimum atomic E-state index is 0.00163.